The Morgan fingerprint density at radius 2 is 1.36 bits per heavy atom. The maximum atomic E-state index is 12.1. The van der Waals surface area contributed by atoms with Crippen LogP contribution in [0.25, 0.3) is 0 Å². The number of carbonyl (C=O) groups excluding carboxylic acids is 2. The second kappa shape index (κ2) is 7.83. The molecule has 0 heterocycles. The van der Waals surface area contributed by atoms with E-state index < -0.39 is 5.41 Å². The number of para-hydroxylation sites is 1. The molecule has 2 rings (SSSR count). The second-order valence-corrected chi connectivity index (χ2v) is 7.01. The number of hydrogen-bond acceptors (Lipinski definition) is 2. The van der Waals surface area contributed by atoms with Crippen molar-refractivity contribution in [2.75, 3.05) is 10.6 Å². The molecule has 0 aliphatic carbocycles. The number of anilines is 2. The number of nitrogens with one attached hydrogen (secondary N) is 3. The van der Waals surface area contributed by atoms with Gasteiger partial charge in [0, 0.05) is 16.8 Å². The van der Waals surface area contributed by atoms with Crippen LogP contribution >= 0.6 is 0 Å². The van der Waals surface area contributed by atoms with E-state index in [1.807, 2.05) is 82.3 Å². The SMILES string of the molecule is C[C@@H](NC(=O)C(C)(C)C)c1ccc(NC(=O)Nc2ccccc2)cc1. The number of benzene rings is 2. The summed E-state index contributed by atoms with van der Waals surface area (Å²) in [5, 5.41) is 8.54. The molecule has 3 N–H and O–H groups in total. The third-order valence-electron chi connectivity index (χ3n) is 3.73. The van der Waals surface area contributed by atoms with Gasteiger partial charge in [0.05, 0.1) is 6.04 Å². The van der Waals surface area contributed by atoms with Crippen LogP contribution in [0.15, 0.2) is 54.6 Å². The molecule has 132 valence electrons. The van der Waals surface area contributed by atoms with E-state index >= 15 is 0 Å². The van der Waals surface area contributed by atoms with Crippen LogP contribution in [0.3, 0.4) is 0 Å². The van der Waals surface area contributed by atoms with Gasteiger partial charge in [0.2, 0.25) is 5.91 Å². The molecule has 0 unspecified atom stereocenters. The summed E-state index contributed by atoms with van der Waals surface area (Å²) >= 11 is 0. The number of urea groups is 1. The summed E-state index contributed by atoms with van der Waals surface area (Å²) in [6.45, 7) is 7.59. The highest BCUT2D eigenvalue weighted by Crippen LogP contribution is 2.19. The van der Waals surface area contributed by atoms with E-state index in [2.05, 4.69) is 16.0 Å². The first-order valence-electron chi connectivity index (χ1n) is 8.29. The third-order valence-corrected chi connectivity index (χ3v) is 3.73. The Hall–Kier alpha value is -2.82. The van der Waals surface area contributed by atoms with E-state index in [0.717, 1.165) is 11.3 Å². The maximum absolute atomic E-state index is 12.1. The van der Waals surface area contributed by atoms with Crippen LogP contribution < -0.4 is 16.0 Å². The summed E-state index contributed by atoms with van der Waals surface area (Å²) < 4.78 is 0. The van der Waals surface area contributed by atoms with Crippen LogP contribution in [0.5, 0.6) is 0 Å². The fourth-order valence-electron chi connectivity index (χ4n) is 2.17. The van der Waals surface area contributed by atoms with Crippen LogP contribution in [0, 0.1) is 5.41 Å². The van der Waals surface area contributed by atoms with Crippen molar-refractivity contribution in [3.05, 3.63) is 60.2 Å². The minimum absolute atomic E-state index is 0.00411. The maximum Gasteiger partial charge on any atom is 0.323 e. The highest BCUT2D eigenvalue weighted by Gasteiger charge is 2.22. The Kier molecular flexibility index (Phi) is 5.80. The molecule has 1 atom stereocenters. The Morgan fingerprint density at radius 3 is 1.88 bits per heavy atom. The fraction of sp³-hybridized carbons (Fsp3) is 0.300. The molecule has 2 aromatic carbocycles. The molecular weight excluding hydrogens is 314 g/mol. The Bertz CT molecular complexity index is 719. The molecule has 0 saturated heterocycles. The van der Waals surface area contributed by atoms with Crippen molar-refractivity contribution in [3.8, 4) is 0 Å². The van der Waals surface area contributed by atoms with Gasteiger partial charge in [0.15, 0.2) is 0 Å². The first-order chi connectivity index (χ1) is 11.8. The van der Waals surface area contributed by atoms with Crippen LogP contribution in [0.2, 0.25) is 0 Å². The minimum Gasteiger partial charge on any atom is -0.349 e. The molecule has 5 nitrogen and oxygen atoms in total. The average Bonchev–Trinajstić information content (AvgIpc) is 2.55. The lowest BCUT2D eigenvalue weighted by Gasteiger charge is -2.22. The lowest BCUT2D eigenvalue weighted by molar-refractivity contribution is -0.129. The zero-order chi connectivity index (χ0) is 18.4. The van der Waals surface area contributed by atoms with Crippen LogP contribution in [-0.4, -0.2) is 11.9 Å². The van der Waals surface area contributed by atoms with Crippen LogP contribution in [0.1, 0.15) is 39.3 Å². The molecule has 0 aliphatic heterocycles. The molecule has 25 heavy (non-hydrogen) atoms. The topological polar surface area (TPSA) is 70.2 Å². The number of amides is 3. The molecule has 0 aromatic heterocycles. The molecule has 5 heteroatoms. The highest BCUT2D eigenvalue weighted by molar-refractivity contribution is 5.99. The molecule has 0 spiro atoms. The summed E-state index contributed by atoms with van der Waals surface area (Å²) in [6.07, 6.45) is 0. The van der Waals surface area contributed by atoms with Gasteiger partial charge in [0.25, 0.3) is 0 Å². The van der Waals surface area contributed by atoms with Gasteiger partial charge in [-0.25, -0.2) is 4.79 Å². The first kappa shape index (κ1) is 18.5. The van der Waals surface area contributed by atoms with Gasteiger partial charge < -0.3 is 16.0 Å². The Balaban J connectivity index is 1.93. The second-order valence-electron chi connectivity index (χ2n) is 7.01. The number of carbonyl (C=O) groups is 2. The Labute approximate surface area is 148 Å². The van der Waals surface area contributed by atoms with Gasteiger partial charge in [-0.15, -0.1) is 0 Å². The molecule has 0 aliphatic rings. The van der Waals surface area contributed by atoms with E-state index in [4.69, 9.17) is 0 Å². The van der Waals surface area contributed by atoms with E-state index in [1.165, 1.54) is 0 Å². The van der Waals surface area contributed by atoms with Crippen molar-refractivity contribution < 1.29 is 9.59 Å². The lowest BCUT2D eigenvalue weighted by Crippen LogP contribution is -2.36. The highest BCUT2D eigenvalue weighted by atomic mass is 16.2. The van der Waals surface area contributed by atoms with E-state index in [9.17, 15) is 9.59 Å². The number of rotatable bonds is 4. The Morgan fingerprint density at radius 1 is 0.840 bits per heavy atom. The molecular formula is C20H25N3O2. The van der Waals surface area contributed by atoms with Crippen molar-refractivity contribution in [2.24, 2.45) is 5.41 Å². The van der Waals surface area contributed by atoms with Crippen LogP contribution in [-0.2, 0) is 4.79 Å². The van der Waals surface area contributed by atoms with E-state index in [-0.39, 0.29) is 18.0 Å². The van der Waals surface area contributed by atoms with Crippen molar-refractivity contribution in [3.63, 3.8) is 0 Å². The van der Waals surface area contributed by atoms with Gasteiger partial charge in [-0.2, -0.15) is 0 Å². The van der Waals surface area contributed by atoms with Crippen molar-refractivity contribution in [2.45, 2.75) is 33.7 Å². The average molecular weight is 339 g/mol. The van der Waals surface area contributed by atoms with Gasteiger partial charge in [-0.1, -0.05) is 51.1 Å². The monoisotopic (exact) mass is 339 g/mol. The van der Waals surface area contributed by atoms with Gasteiger partial charge >= 0.3 is 6.03 Å². The van der Waals surface area contributed by atoms with Gasteiger partial charge in [0.1, 0.15) is 0 Å². The third kappa shape index (κ3) is 5.64. The molecule has 2 aromatic rings. The zero-order valence-corrected chi connectivity index (χ0v) is 15.1. The van der Waals surface area contributed by atoms with Crippen molar-refractivity contribution in [1.82, 2.24) is 5.32 Å². The summed E-state index contributed by atoms with van der Waals surface area (Å²) in [5.41, 5.74) is 1.97. The predicted molar refractivity (Wildman–Crippen MR) is 102 cm³/mol. The quantitative estimate of drug-likeness (QED) is 0.764. The molecule has 0 saturated carbocycles. The summed E-state index contributed by atoms with van der Waals surface area (Å²) in [7, 11) is 0. The summed E-state index contributed by atoms with van der Waals surface area (Å²) in [6, 6.07) is 16.3. The molecule has 0 radical (unpaired) electrons. The van der Waals surface area contributed by atoms with Gasteiger partial charge in [-0.05, 0) is 36.8 Å². The first-order valence-corrected chi connectivity index (χ1v) is 8.29. The van der Waals surface area contributed by atoms with E-state index in [1.54, 1.807) is 0 Å². The van der Waals surface area contributed by atoms with Gasteiger partial charge in [-0.3, -0.25) is 4.79 Å². The summed E-state index contributed by atoms with van der Waals surface area (Å²) in [4.78, 5) is 24.0. The lowest BCUT2D eigenvalue weighted by atomic mass is 9.94. The normalized spacial score (nSPS) is 12.2. The molecule has 0 bridgehead atoms. The molecule has 3 amide bonds. The number of hydrogen-bond donors (Lipinski definition) is 3. The predicted octanol–water partition coefficient (Wildman–Crippen LogP) is 4.55. The van der Waals surface area contributed by atoms with Crippen LogP contribution in [0.4, 0.5) is 16.2 Å². The minimum atomic E-state index is -0.425. The largest absolute Gasteiger partial charge is 0.349 e. The molecule has 0 fully saturated rings. The summed E-state index contributed by atoms with van der Waals surface area (Å²) in [5.74, 6) is 0.00411. The standard InChI is InChI=1S/C20H25N3O2/c1-14(21-18(24)20(2,3)4)15-10-12-17(13-11-15)23-19(25)22-16-8-6-5-7-9-16/h5-14H,1-4H3,(H,21,24)(H2,22,23,25)/t14-/m1/s1. The van der Waals surface area contributed by atoms with E-state index in [0.29, 0.717) is 5.69 Å². The van der Waals surface area contributed by atoms with Crippen molar-refractivity contribution in [1.29, 1.82) is 0 Å². The fourth-order valence-corrected chi connectivity index (χ4v) is 2.17. The smallest absolute Gasteiger partial charge is 0.323 e. The zero-order valence-electron chi connectivity index (χ0n) is 15.1. The van der Waals surface area contributed by atoms with Crippen molar-refractivity contribution >= 4 is 23.3 Å².